The van der Waals surface area contributed by atoms with Gasteiger partial charge in [-0.2, -0.15) is 0 Å². The molecule has 3 nitrogen and oxygen atoms in total. The van der Waals surface area contributed by atoms with Crippen LogP contribution in [0.3, 0.4) is 0 Å². The number of para-hydroxylation sites is 1. The lowest BCUT2D eigenvalue weighted by molar-refractivity contribution is 0.289. The lowest BCUT2D eigenvalue weighted by atomic mass is 10.2. The van der Waals surface area contributed by atoms with Crippen molar-refractivity contribution in [2.75, 3.05) is 18.5 Å². The molecule has 0 aliphatic carbocycles. The maximum Gasteiger partial charge on any atom is 0.170 e. The zero-order chi connectivity index (χ0) is 11.1. The van der Waals surface area contributed by atoms with E-state index in [4.69, 9.17) is 17.3 Å². The molecule has 0 aliphatic rings. The van der Waals surface area contributed by atoms with Crippen molar-refractivity contribution < 1.29 is 5.11 Å². The van der Waals surface area contributed by atoms with Gasteiger partial charge in [0.05, 0.1) is 0 Å². The largest absolute Gasteiger partial charge is 0.396 e. The number of aliphatic hydroxyl groups excluding tert-OH is 1. The molecule has 4 heteroatoms. The average Bonchev–Trinajstić information content (AvgIpc) is 2.22. The molecule has 1 aromatic carbocycles. The third kappa shape index (κ3) is 4.27. The first-order valence-electron chi connectivity index (χ1n) is 4.95. The van der Waals surface area contributed by atoms with Gasteiger partial charge >= 0.3 is 0 Å². The van der Waals surface area contributed by atoms with E-state index in [1.54, 1.807) is 0 Å². The van der Waals surface area contributed by atoms with Crippen LogP contribution in [0.15, 0.2) is 24.3 Å². The Morgan fingerprint density at radius 3 is 2.80 bits per heavy atom. The predicted octanol–water partition coefficient (Wildman–Crippen LogP) is 1.66. The summed E-state index contributed by atoms with van der Waals surface area (Å²) in [5.74, 6) is 0. The Kier molecular flexibility index (Phi) is 5.07. The van der Waals surface area contributed by atoms with Crippen molar-refractivity contribution in [1.29, 1.82) is 0 Å². The fourth-order valence-corrected chi connectivity index (χ4v) is 1.37. The number of hydrogen-bond donors (Lipinski definition) is 3. The molecule has 15 heavy (non-hydrogen) atoms. The van der Waals surface area contributed by atoms with Crippen LogP contribution in [-0.4, -0.2) is 23.4 Å². The predicted molar refractivity (Wildman–Crippen MR) is 67.1 cm³/mol. The van der Waals surface area contributed by atoms with Gasteiger partial charge in [0.15, 0.2) is 5.11 Å². The van der Waals surface area contributed by atoms with Crippen LogP contribution in [0.2, 0.25) is 0 Å². The molecular formula is C11H16N2OS. The number of rotatable bonds is 4. The molecule has 0 bridgehead atoms. The number of benzene rings is 1. The fourth-order valence-electron chi connectivity index (χ4n) is 1.16. The van der Waals surface area contributed by atoms with Crippen molar-refractivity contribution in [3.63, 3.8) is 0 Å². The van der Waals surface area contributed by atoms with E-state index < -0.39 is 0 Å². The van der Waals surface area contributed by atoms with Crippen LogP contribution in [0, 0.1) is 6.92 Å². The summed E-state index contributed by atoms with van der Waals surface area (Å²) in [6.07, 6.45) is 0.704. The monoisotopic (exact) mass is 224 g/mol. The standard InChI is InChI=1S/C11H16N2OS/c1-9-5-2-3-6-10(9)13-11(15)12-7-4-8-14/h2-3,5-6,14H,4,7-8H2,1H3,(H2,12,13,15). The van der Waals surface area contributed by atoms with Crippen molar-refractivity contribution in [3.8, 4) is 0 Å². The van der Waals surface area contributed by atoms with Gasteiger partial charge in [0.25, 0.3) is 0 Å². The molecule has 0 unspecified atom stereocenters. The van der Waals surface area contributed by atoms with E-state index in [1.165, 1.54) is 0 Å². The molecule has 0 aromatic heterocycles. The van der Waals surface area contributed by atoms with Crippen LogP contribution < -0.4 is 10.6 Å². The molecule has 0 atom stereocenters. The van der Waals surface area contributed by atoms with E-state index >= 15 is 0 Å². The van der Waals surface area contributed by atoms with E-state index in [2.05, 4.69) is 10.6 Å². The molecule has 0 amide bonds. The molecule has 0 aliphatic heterocycles. The number of aryl methyl sites for hydroxylation is 1. The van der Waals surface area contributed by atoms with Crippen LogP contribution in [0.5, 0.6) is 0 Å². The second-order valence-electron chi connectivity index (χ2n) is 3.27. The fraction of sp³-hybridized carbons (Fsp3) is 0.364. The molecule has 0 fully saturated rings. The van der Waals surface area contributed by atoms with Crippen LogP contribution >= 0.6 is 12.2 Å². The Labute approximate surface area is 95.5 Å². The van der Waals surface area contributed by atoms with Gasteiger partial charge in [-0.25, -0.2) is 0 Å². The normalized spacial score (nSPS) is 9.73. The van der Waals surface area contributed by atoms with Crippen molar-refractivity contribution in [2.45, 2.75) is 13.3 Å². The van der Waals surface area contributed by atoms with Crippen LogP contribution in [0.1, 0.15) is 12.0 Å². The highest BCUT2D eigenvalue weighted by Gasteiger charge is 1.98. The summed E-state index contributed by atoms with van der Waals surface area (Å²) in [6.45, 7) is 2.90. The molecule has 0 radical (unpaired) electrons. The average molecular weight is 224 g/mol. The number of aliphatic hydroxyl groups is 1. The Morgan fingerprint density at radius 1 is 1.40 bits per heavy atom. The first kappa shape index (κ1) is 11.9. The quantitative estimate of drug-likeness (QED) is 0.537. The molecule has 1 rings (SSSR count). The second-order valence-corrected chi connectivity index (χ2v) is 3.68. The van der Waals surface area contributed by atoms with Gasteiger partial charge in [-0.3, -0.25) is 0 Å². The van der Waals surface area contributed by atoms with E-state index in [-0.39, 0.29) is 6.61 Å². The van der Waals surface area contributed by atoms with Gasteiger partial charge in [0.2, 0.25) is 0 Å². The lowest BCUT2D eigenvalue weighted by Crippen LogP contribution is -2.29. The van der Waals surface area contributed by atoms with Crippen molar-refractivity contribution in [1.82, 2.24) is 5.32 Å². The minimum atomic E-state index is 0.181. The zero-order valence-electron chi connectivity index (χ0n) is 8.79. The summed E-state index contributed by atoms with van der Waals surface area (Å²) in [5.41, 5.74) is 2.17. The summed E-state index contributed by atoms with van der Waals surface area (Å²) in [4.78, 5) is 0. The highest BCUT2D eigenvalue weighted by atomic mass is 32.1. The molecule has 82 valence electrons. The van der Waals surface area contributed by atoms with E-state index in [9.17, 15) is 0 Å². The summed E-state index contributed by atoms with van der Waals surface area (Å²) >= 11 is 5.11. The summed E-state index contributed by atoms with van der Waals surface area (Å²) in [5, 5.41) is 15.3. The number of nitrogens with one attached hydrogen (secondary N) is 2. The summed E-state index contributed by atoms with van der Waals surface area (Å²) < 4.78 is 0. The molecular weight excluding hydrogens is 208 g/mol. The zero-order valence-corrected chi connectivity index (χ0v) is 9.60. The number of anilines is 1. The number of thiocarbonyl (C=S) groups is 1. The van der Waals surface area contributed by atoms with Crippen molar-refractivity contribution in [3.05, 3.63) is 29.8 Å². The molecule has 0 spiro atoms. The van der Waals surface area contributed by atoms with Crippen LogP contribution in [0.4, 0.5) is 5.69 Å². The van der Waals surface area contributed by atoms with Gasteiger partial charge in [-0.1, -0.05) is 18.2 Å². The van der Waals surface area contributed by atoms with Crippen molar-refractivity contribution >= 4 is 23.0 Å². The molecule has 1 aromatic rings. The lowest BCUT2D eigenvalue weighted by Gasteiger charge is -2.11. The minimum absolute atomic E-state index is 0.181. The molecule has 3 N–H and O–H groups in total. The Bertz CT molecular complexity index is 328. The SMILES string of the molecule is Cc1ccccc1NC(=S)NCCCO. The Balaban J connectivity index is 2.41. The maximum absolute atomic E-state index is 8.61. The van der Waals surface area contributed by atoms with Crippen molar-refractivity contribution in [2.24, 2.45) is 0 Å². The van der Waals surface area contributed by atoms with Gasteiger partial charge in [-0.05, 0) is 37.2 Å². The van der Waals surface area contributed by atoms with Gasteiger partial charge in [0, 0.05) is 18.8 Å². The van der Waals surface area contributed by atoms with Gasteiger partial charge < -0.3 is 15.7 Å². The topological polar surface area (TPSA) is 44.3 Å². The Hall–Kier alpha value is -1.13. The smallest absolute Gasteiger partial charge is 0.170 e. The summed E-state index contributed by atoms with van der Waals surface area (Å²) in [6, 6.07) is 7.96. The highest BCUT2D eigenvalue weighted by Crippen LogP contribution is 2.12. The van der Waals surface area contributed by atoms with E-state index in [0.717, 1.165) is 11.3 Å². The number of hydrogen-bond acceptors (Lipinski definition) is 2. The molecule has 0 saturated carbocycles. The third-order valence-corrected chi connectivity index (χ3v) is 2.26. The third-order valence-electron chi connectivity index (χ3n) is 2.01. The van der Waals surface area contributed by atoms with Gasteiger partial charge in [-0.15, -0.1) is 0 Å². The first-order chi connectivity index (χ1) is 7.24. The Morgan fingerprint density at radius 2 is 2.13 bits per heavy atom. The maximum atomic E-state index is 8.61. The highest BCUT2D eigenvalue weighted by molar-refractivity contribution is 7.80. The molecule has 0 saturated heterocycles. The molecule has 0 heterocycles. The first-order valence-corrected chi connectivity index (χ1v) is 5.36. The van der Waals surface area contributed by atoms with Gasteiger partial charge in [0.1, 0.15) is 0 Å². The van der Waals surface area contributed by atoms with Crippen LogP contribution in [-0.2, 0) is 0 Å². The summed E-state index contributed by atoms with van der Waals surface area (Å²) in [7, 11) is 0. The second kappa shape index (κ2) is 6.37. The minimum Gasteiger partial charge on any atom is -0.396 e. The van der Waals surface area contributed by atoms with Crippen LogP contribution in [0.25, 0.3) is 0 Å². The van der Waals surface area contributed by atoms with E-state index in [1.807, 2.05) is 31.2 Å². The van der Waals surface area contributed by atoms with E-state index in [0.29, 0.717) is 18.1 Å².